The summed E-state index contributed by atoms with van der Waals surface area (Å²) in [6, 6.07) is 40.3. The number of carbonyl (C=O) groups is 1. The lowest BCUT2D eigenvalue weighted by Crippen LogP contribution is -2.68. The van der Waals surface area contributed by atoms with Gasteiger partial charge in [0.2, 0.25) is 5.91 Å². The Morgan fingerprint density at radius 1 is 0.745 bits per heavy atom. The van der Waals surface area contributed by atoms with Gasteiger partial charge in [-0.25, -0.2) is 8.78 Å². The number of amides is 1. The average Bonchev–Trinajstić information content (AvgIpc) is 3.08. The van der Waals surface area contributed by atoms with Gasteiger partial charge in [-0.2, -0.15) is 0 Å². The predicted octanol–water partition coefficient (Wildman–Crippen LogP) is 8.12. The van der Waals surface area contributed by atoms with E-state index in [1.54, 1.807) is 29.2 Å². The van der Waals surface area contributed by atoms with Gasteiger partial charge in [0.15, 0.2) is 0 Å². The fraction of sp³-hybridized carbons (Fsp3) is 0.225. The van der Waals surface area contributed by atoms with E-state index >= 15 is 0 Å². The predicted molar refractivity (Wildman–Crippen MR) is 185 cm³/mol. The summed E-state index contributed by atoms with van der Waals surface area (Å²) in [6.07, 6.45) is -0.0589. The first-order valence-corrected chi connectivity index (χ1v) is 17.9. The number of aliphatic hydroxyl groups is 1. The molecule has 7 heteroatoms. The number of aliphatic hydroxyl groups excluding tert-OH is 1. The van der Waals surface area contributed by atoms with Gasteiger partial charge in [-0.05, 0) is 87.9 Å². The van der Waals surface area contributed by atoms with E-state index in [4.69, 9.17) is 4.43 Å². The quantitative estimate of drug-likeness (QED) is 0.123. The zero-order valence-corrected chi connectivity index (χ0v) is 27.8. The van der Waals surface area contributed by atoms with Gasteiger partial charge in [0, 0.05) is 5.69 Å². The van der Waals surface area contributed by atoms with Crippen LogP contribution >= 0.6 is 0 Å². The lowest BCUT2D eigenvalue weighted by molar-refractivity contribution is -0.131. The number of β-lactam (4-membered cyclic amide) rings is 1. The molecule has 4 nitrogen and oxygen atoms in total. The lowest BCUT2D eigenvalue weighted by Gasteiger charge is -2.48. The molecule has 6 rings (SSSR count). The molecule has 1 saturated heterocycles. The van der Waals surface area contributed by atoms with Crippen molar-refractivity contribution in [3.05, 3.63) is 156 Å². The Bertz CT molecular complexity index is 1750. The Morgan fingerprint density at radius 2 is 1.26 bits per heavy atom. The molecule has 0 saturated carbocycles. The van der Waals surface area contributed by atoms with Crippen molar-refractivity contribution in [2.45, 2.75) is 50.8 Å². The number of anilines is 1. The highest BCUT2D eigenvalue weighted by Crippen LogP contribution is 2.47. The summed E-state index contributed by atoms with van der Waals surface area (Å²) in [6.45, 7) is 6.71. The van der Waals surface area contributed by atoms with Gasteiger partial charge in [-0.1, -0.05) is 106 Å². The van der Waals surface area contributed by atoms with Crippen molar-refractivity contribution in [1.82, 2.24) is 0 Å². The molecule has 5 aromatic carbocycles. The summed E-state index contributed by atoms with van der Waals surface area (Å²) < 4.78 is 34.4. The van der Waals surface area contributed by atoms with Gasteiger partial charge in [0.1, 0.15) is 17.4 Å². The molecule has 47 heavy (non-hydrogen) atoms. The highest BCUT2D eigenvalue weighted by Gasteiger charge is 2.52. The molecule has 1 fully saturated rings. The summed E-state index contributed by atoms with van der Waals surface area (Å²) in [7, 11) is -2.84. The summed E-state index contributed by atoms with van der Waals surface area (Å²) >= 11 is 0. The number of rotatable bonds is 10. The van der Waals surface area contributed by atoms with Crippen LogP contribution in [0.5, 0.6) is 5.75 Å². The van der Waals surface area contributed by atoms with Crippen LogP contribution in [0.4, 0.5) is 14.5 Å². The molecule has 1 N–H and O–H groups in total. The maximum Gasteiger partial charge on any atom is 0.319 e. The van der Waals surface area contributed by atoms with E-state index in [1.807, 2.05) is 36.4 Å². The molecule has 5 aromatic rings. The topological polar surface area (TPSA) is 49.8 Å². The van der Waals surface area contributed by atoms with Crippen molar-refractivity contribution in [3.63, 3.8) is 0 Å². The third-order valence-electron chi connectivity index (χ3n) is 9.23. The Morgan fingerprint density at radius 3 is 1.77 bits per heavy atom. The Balaban J connectivity index is 1.32. The number of hydrogen-bond acceptors (Lipinski definition) is 3. The standard InChI is InChI=1S/C40H39F2NO3Si/c1-40(2,3)47(34-10-6-4-7-11-34,35-12-8-5-9-13-35)46-33-24-16-29(17-25-33)38-36(26-27-37(44)28-14-18-30(41)19-15-28)39(45)43(38)32-22-20-31(42)21-23-32/h4-25,36-38,44H,26-27H2,1-3H3/t36-,37+,38-/m1/s1. The summed E-state index contributed by atoms with van der Waals surface area (Å²) in [5.74, 6) is -0.473. The molecular weight excluding hydrogens is 609 g/mol. The molecule has 0 aromatic heterocycles. The second-order valence-corrected chi connectivity index (χ2v) is 17.4. The monoisotopic (exact) mass is 647 g/mol. The zero-order valence-electron chi connectivity index (χ0n) is 26.8. The van der Waals surface area contributed by atoms with Crippen LogP contribution in [0.15, 0.2) is 133 Å². The van der Waals surface area contributed by atoms with E-state index in [0.717, 1.165) is 11.3 Å². The Kier molecular flexibility index (Phi) is 9.13. The molecule has 1 aliphatic rings. The second-order valence-electron chi connectivity index (χ2n) is 13.2. The first-order chi connectivity index (χ1) is 22.6. The van der Waals surface area contributed by atoms with E-state index in [9.17, 15) is 18.7 Å². The van der Waals surface area contributed by atoms with Crippen molar-refractivity contribution < 1.29 is 23.1 Å². The van der Waals surface area contributed by atoms with Crippen LogP contribution in [0, 0.1) is 17.6 Å². The van der Waals surface area contributed by atoms with E-state index in [1.165, 1.54) is 34.6 Å². The van der Waals surface area contributed by atoms with Crippen LogP contribution < -0.4 is 19.7 Å². The van der Waals surface area contributed by atoms with Crippen LogP contribution in [-0.4, -0.2) is 19.3 Å². The van der Waals surface area contributed by atoms with E-state index < -0.39 is 20.3 Å². The average molecular weight is 648 g/mol. The van der Waals surface area contributed by atoms with Crippen molar-refractivity contribution in [2.75, 3.05) is 4.90 Å². The molecule has 1 heterocycles. The molecule has 0 spiro atoms. The minimum atomic E-state index is -2.84. The van der Waals surface area contributed by atoms with Crippen molar-refractivity contribution >= 4 is 30.3 Å². The number of nitrogens with zero attached hydrogens (tertiary/aromatic N) is 1. The molecular formula is C40H39F2NO3Si. The molecule has 0 aliphatic carbocycles. The number of halogens is 2. The summed E-state index contributed by atoms with van der Waals surface area (Å²) in [5, 5.41) is 13.0. The minimum Gasteiger partial charge on any atom is -0.534 e. The van der Waals surface area contributed by atoms with Crippen LogP contribution in [0.1, 0.15) is 56.9 Å². The van der Waals surface area contributed by atoms with E-state index in [2.05, 4.69) is 69.3 Å². The molecule has 240 valence electrons. The van der Waals surface area contributed by atoms with Crippen LogP contribution in [0.2, 0.25) is 5.04 Å². The summed E-state index contributed by atoms with van der Waals surface area (Å²) in [5.41, 5.74) is 2.14. The molecule has 1 aliphatic heterocycles. The van der Waals surface area contributed by atoms with Gasteiger partial charge in [0.25, 0.3) is 0 Å². The third kappa shape index (κ3) is 6.38. The SMILES string of the molecule is CC(C)(C)[Si](Oc1ccc([C@@H]2[C@@H](CC[C@H](O)c3ccc(F)cc3)C(=O)N2c2ccc(F)cc2)cc1)(c1ccccc1)c1ccccc1. The largest absolute Gasteiger partial charge is 0.534 e. The number of carbonyl (C=O) groups excluding carboxylic acids is 1. The number of hydrogen-bond donors (Lipinski definition) is 1. The molecule has 1 amide bonds. The molecule has 0 bridgehead atoms. The van der Waals surface area contributed by atoms with Crippen LogP contribution in [-0.2, 0) is 4.79 Å². The highest BCUT2D eigenvalue weighted by atomic mass is 28.4. The van der Waals surface area contributed by atoms with Crippen molar-refractivity contribution in [2.24, 2.45) is 5.92 Å². The maximum absolute atomic E-state index is 13.8. The maximum atomic E-state index is 13.8. The van der Waals surface area contributed by atoms with E-state index in [0.29, 0.717) is 24.1 Å². The minimum absolute atomic E-state index is 0.0828. The Hall–Kier alpha value is -4.59. The van der Waals surface area contributed by atoms with Gasteiger partial charge in [-0.15, -0.1) is 0 Å². The second kappa shape index (κ2) is 13.3. The van der Waals surface area contributed by atoms with Crippen molar-refractivity contribution in [1.29, 1.82) is 0 Å². The van der Waals surface area contributed by atoms with Gasteiger partial charge < -0.3 is 14.4 Å². The van der Waals surface area contributed by atoms with Gasteiger partial charge >= 0.3 is 8.32 Å². The first kappa shape index (κ1) is 32.4. The van der Waals surface area contributed by atoms with E-state index in [-0.39, 0.29) is 28.6 Å². The molecule has 0 unspecified atom stereocenters. The van der Waals surface area contributed by atoms with Crippen LogP contribution in [0.3, 0.4) is 0 Å². The Labute approximate surface area is 276 Å². The third-order valence-corrected chi connectivity index (χ3v) is 14.2. The summed E-state index contributed by atoms with van der Waals surface area (Å²) in [4.78, 5) is 15.3. The first-order valence-electron chi connectivity index (χ1n) is 16.0. The smallest absolute Gasteiger partial charge is 0.319 e. The normalized spacial score (nSPS) is 17.2. The lowest BCUT2D eigenvalue weighted by atomic mass is 9.78. The molecule has 3 atom stereocenters. The molecule has 0 radical (unpaired) electrons. The zero-order chi connectivity index (χ0) is 33.2. The number of benzene rings is 5. The fourth-order valence-electron chi connectivity index (χ4n) is 6.85. The fourth-order valence-corrected chi connectivity index (χ4v) is 11.3. The van der Waals surface area contributed by atoms with Gasteiger partial charge in [0.05, 0.1) is 18.1 Å². The van der Waals surface area contributed by atoms with Crippen molar-refractivity contribution in [3.8, 4) is 5.75 Å². The van der Waals surface area contributed by atoms with Crippen LogP contribution in [0.25, 0.3) is 0 Å². The highest BCUT2D eigenvalue weighted by molar-refractivity contribution is 7.00. The van der Waals surface area contributed by atoms with Gasteiger partial charge in [-0.3, -0.25) is 4.79 Å².